The number of hydrogen-bond acceptors (Lipinski definition) is 4. The van der Waals surface area contributed by atoms with Gasteiger partial charge in [0.05, 0.1) is 13.7 Å². The summed E-state index contributed by atoms with van der Waals surface area (Å²) in [7, 11) is 1.51. The molecule has 0 fully saturated rings. The average molecular weight is 283 g/mol. The summed E-state index contributed by atoms with van der Waals surface area (Å²) in [6, 6.07) is 8.17. The summed E-state index contributed by atoms with van der Waals surface area (Å²) in [6.07, 6.45) is 0. The van der Waals surface area contributed by atoms with E-state index in [1.807, 2.05) is 24.3 Å². The Labute approximate surface area is 101 Å². The highest BCUT2D eigenvalue weighted by atomic mass is 79.9. The van der Waals surface area contributed by atoms with Crippen LogP contribution in [-0.2, 0) is 6.54 Å². The molecule has 2 N–H and O–H groups in total. The van der Waals surface area contributed by atoms with E-state index in [9.17, 15) is 0 Å². The van der Waals surface area contributed by atoms with Gasteiger partial charge in [-0.2, -0.15) is 4.98 Å². The summed E-state index contributed by atoms with van der Waals surface area (Å²) in [5.41, 5.74) is 6.79. The highest BCUT2D eigenvalue weighted by molar-refractivity contribution is 9.10. The van der Waals surface area contributed by atoms with Crippen LogP contribution in [0.4, 0.5) is 5.95 Å². The molecule has 6 heteroatoms. The van der Waals surface area contributed by atoms with E-state index in [-0.39, 0.29) is 6.01 Å². The molecular weight excluding hydrogens is 272 g/mol. The summed E-state index contributed by atoms with van der Waals surface area (Å²) in [5, 5.41) is 4.10. The van der Waals surface area contributed by atoms with E-state index in [4.69, 9.17) is 10.5 Å². The summed E-state index contributed by atoms with van der Waals surface area (Å²) in [4.78, 5) is 3.95. The Morgan fingerprint density at radius 3 is 2.81 bits per heavy atom. The van der Waals surface area contributed by atoms with Crippen LogP contribution >= 0.6 is 15.9 Å². The van der Waals surface area contributed by atoms with Crippen molar-refractivity contribution in [3.63, 3.8) is 0 Å². The predicted molar refractivity (Wildman–Crippen MR) is 64.2 cm³/mol. The molecule has 0 saturated heterocycles. The van der Waals surface area contributed by atoms with Crippen LogP contribution in [-0.4, -0.2) is 21.9 Å². The SMILES string of the molecule is COc1nc(N)n(Cc2ccccc2Br)n1. The number of hydrogen-bond donors (Lipinski definition) is 1. The number of nitrogens with two attached hydrogens (primary N) is 1. The van der Waals surface area contributed by atoms with E-state index in [0.29, 0.717) is 12.5 Å². The molecule has 0 atom stereocenters. The van der Waals surface area contributed by atoms with E-state index in [2.05, 4.69) is 26.0 Å². The van der Waals surface area contributed by atoms with Crippen LogP contribution in [0.3, 0.4) is 0 Å². The van der Waals surface area contributed by atoms with Gasteiger partial charge in [-0.1, -0.05) is 34.1 Å². The zero-order valence-corrected chi connectivity index (χ0v) is 10.3. The lowest BCUT2D eigenvalue weighted by molar-refractivity contribution is 0.377. The molecule has 2 aromatic rings. The quantitative estimate of drug-likeness (QED) is 0.930. The van der Waals surface area contributed by atoms with Crippen molar-refractivity contribution in [1.82, 2.24) is 14.8 Å². The number of ether oxygens (including phenoxy) is 1. The van der Waals surface area contributed by atoms with Gasteiger partial charge in [-0.15, -0.1) is 5.10 Å². The zero-order chi connectivity index (χ0) is 11.5. The standard InChI is InChI=1S/C10H11BrN4O/c1-16-10-13-9(12)15(14-10)6-7-4-2-3-5-8(7)11/h2-5H,6H2,1H3,(H2,12,13,14). The number of benzene rings is 1. The zero-order valence-electron chi connectivity index (χ0n) is 8.72. The van der Waals surface area contributed by atoms with Crippen LogP contribution < -0.4 is 10.5 Å². The topological polar surface area (TPSA) is 66.0 Å². The van der Waals surface area contributed by atoms with Gasteiger partial charge in [-0.3, -0.25) is 0 Å². The Balaban J connectivity index is 2.27. The Kier molecular flexibility index (Phi) is 3.09. The van der Waals surface area contributed by atoms with Crippen molar-refractivity contribution in [3.8, 4) is 6.01 Å². The molecule has 1 aromatic heterocycles. The lowest BCUT2D eigenvalue weighted by Gasteiger charge is -2.04. The third kappa shape index (κ3) is 2.16. The second kappa shape index (κ2) is 4.52. The maximum absolute atomic E-state index is 5.71. The van der Waals surface area contributed by atoms with Gasteiger partial charge < -0.3 is 10.5 Å². The number of nitrogen functional groups attached to an aromatic ring is 1. The van der Waals surface area contributed by atoms with Crippen LogP contribution in [0.15, 0.2) is 28.7 Å². The fourth-order valence-corrected chi connectivity index (χ4v) is 1.73. The lowest BCUT2D eigenvalue weighted by atomic mass is 10.2. The second-order valence-corrected chi connectivity index (χ2v) is 4.06. The van der Waals surface area contributed by atoms with Crippen LogP contribution in [0.1, 0.15) is 5.56 Å². The Hall–Kier alpha value is -1.56. The van der Waals surface area contributed by atoms with Gasteiger partial charge in [0.15, 0.2) is 0 Å². The van der Waals surface area contributed by atoms with Crippen molar-refractivity contribution in [1.29, 1.82) is 0 Å². The monoisotopic (exact) mass is 282 g/mol. The molecule has 0 radical (unpaired) electrons. The molecule has 0 bridgehead atoms. The first-order valence-corrected chi connectivity index (χ1v) is 5.47. The van der Waals surface area contributed by atoms with Gasteiger partial charge >= 0.3 is 6.01 Å². The van der Waals surface area contributed by atoms with Crippen LogP contribution in [0.25, 0.3) is 0 Å². The molecule has 1 heterocycles. The van der Waals surface area contributed by atoms with Gasteiger partial charge in [0.1, 0.15) is 0 Å². The first-order valence-electron chi connectivity index (χ1n) is 4.68. The average Bonchev–Trinajstić information content (AvgIpc) is 2.63. The lowest BCUT2D eigenvalue weighted by Crippen LogP contribution is -2.06. The number of methoxy groups -OCH3 is 1. The van der Waals surface area contributed by atoms with E-state index < -0.39 is 0 Å². The van der Waals surface area contributed by atoms with Crippen molar-refractivity contribution in [3.05, 3.63) is 34.3 Å². The maximum Gasteiger partial charge on any atom is 0.337 e. The van der Waals surface area contributed by atoms with E-state index in [0.717, 1.165) is 10.0 Å². The largest absolute Gasteiger partial charge is 0.466 e. The number of anilines is 1. The molecule has 2 rings (SSSR count). The minimum atomic E-state index is 0.282. The van der Waals surface area contributed by atoms with Crippen LogP contribution in [0, 0.1) is 0 Å². The van der Waals surface area contributed by atoms with Gasteiger partial charge in [0.2, 0.25) is 5.95 Å². The summed E-state index contributed by atoms with van der Waals surface area (Å²) in [6.45, 7) is 0.559. The van der Waals surface area contributed by atoms with Crippen molar-refractivity contribution >= 4 is 21.9 Å². The minimum absolute atomic E-state index is 0.282. The van der Waals surface area contributed by atoms with E-state index in [1.165, 1.54) is 7.11 Å². The van der Waals surface area contributed by atoms with Gasteiger partial charge in [0.25, 0.3) is 0 Å². The van der Waals surface area contributed by atoms with E-state index in [1.54, 1.807) is 4.68 Å². The maximum atomic E-state index is 5.71. The van der Waals surface area contributed by atoms with Crippen molar-refractivity contribution in [2.24, 2.45) is 0 Å². The summed E-state index contributed by atoms with van der Waals surface area (Å²) < 4.78 is 7.52. The van der Waals surface area contributed by atoms with Gasteiger partial charge in [-0.05, 0) is 11.6 Å². The first-order chi connectivity index (χ1) is 7.70. The summed E-state index contributed by atoms with van der Waals surface area (Å²) in [5.74, 6) is 0.340. The molecule has 16 heavy (non-hydrogen) atoms. The Morgan fingerprint density at radius 1 is 1.44 bits per heavy atom. The normalized spacial score (nSPS) is 10.4. The highest BCUT2D eigenvalue weighted by Gasteiger charge is 2.08. The third-order valence-corrected chi connectivity index (χ3v) is 2.92. The van der Waals surface area contributed by atoms with Crippen LogP contribution in [0.2, 0.25) is 0 Å². The molecule has 0 aliphatic rings. The molecule has 0 amide bonds. The first kappa shape index (κ1) is 10.9. The highest BCUT2D eigenvalue weighted by Crippen LogP contribution is 2.18. The number of nitrogens with zero attached hydrogens (tertiary/aromatic N) is 3. The van der Waals surface area contributed by atoms with Gasteiger partial charge in [-0.25, -0.2) is 4.68 Å². The molecule has 0 aliphatic carbocycles. The molecule has 1 aromatic carbocycles. The fourth-order valence-electron chi connectivity index (χ4n) is 1.32. The summed E-state index contributed by atoms with van der Waals surface area (Å²) >= 11 is 3.47. The molecule has 84 valence electrons. The second-order valence-electron chi connectivity index (χ2n) is 3.21. The smallest absolute Gasteiger partial charge is 0.337 e. The van der Waals surface area contributed by atoms with E-state index >= 15 is 0 Å². The third-order valence-electron chi connectivity index (χ3n) is 2.14. The fraction of sp³-hybridized carbons (Fsp3) is 0.200. The Morgan fingerprint density at radius 2 is 2.19 bits per heavy atom. The molecule has 0 saturated carbocycles. The molecule has 5 nitrogen and oxygen atoms in total. The van der Waals surface area contributed by atoms with Crippen molar-refractivity contribution in [2.75, 3.05) is 12.8 Å². The minimum Gasteiger partial charge on any atom is -0.466 e. The molecule has 0 unspecified atom stereocenters. The number of aromatic nitrogens is 3. The van der Waals surface area contributed by atoms with Crippen molar-refractivity contribution < 1.29 is 4.74 Å². The van der Waals surface area contributed by atoms with Crippen LogP contribution in [0.5, 0.6) is 6.01 Å². The Bertz CT molecular complexity index is 497. The predicted octanol–water partition coefficient (Wildman–Crippen LogP) is 1.68. The number of rotatable bonds is 3. The van der Waals surface area contributed by atoms with Crippen molar-refractivity contribution in [2.45, 2.75) is 6.54 Å². The molecular formula is C10H11BrN4O. The van der Waals surface area contributed by atoms with Gasteiger partial charge in [0, 0.05) is 4.47 Å². The molecule has 0 aliphatic heterocycles. The molecule has 0 spiro atoms. The number of halogens is 1.